The Hall–Kier alpha value is -1.49. The first-order chi connectivity index (χ1) is 23.4. The van der Waals surface area contributed by atoms with Crippen LogP contribution in [0.3, 0.4) is 0 Å². The van der Waals surface area contributed by atoms with E-state index in [1.165, 1.54) is 36.5 Å². The van der Waals surface area contributed by atoms with Gasteiger partial charge in [0, 0.05) is 11.2 Å². The average molecular weight is 963 g/mol. The molecule has 0 aromatic heterocycles. The topological polar surface area (TPSA) is 85.2 Å². The summed E-state index contributed by atoms with van der Waals surface area (Å²) < 4.78 is 27.5. The second kappa shape index (κ2) is 19.7. The van der Waals surface area contributed by atoms with Crippen LogP contribution in [0.4, 0.5) is 0 Å². The van der Waals surface area contributed by atoms with Crippen LogP contribution in [0.15, 0.2) is 97.1 Å². The third-order valence-electron chi connectivity index (χ3n) is 7.49. The van der Waals surface area contributed by atoms with Crippen molar-refractivity contribution >= 4 is 20.2 Å². The number of aliphatic hydroxyl groups excluding tert-OH is 1. The summed E-state index contributed by atoms with van der Waals surface area (Å²) in [7, 11) is -3.82. The standard InChI is InChI=1S/2C20H26I.CH4O6S2/c2*1-19(2,3)15-7-11-17(12-8-15)21-18-13-9-16(10-14-18)20(4,5)6;2-1-5-6-7-9(3,4)8/h2*7-14H,1-6H3;2H,1H2,(H,3,4,8)/q2*+1;. The molecule has 1 atom stereocenters. The van der Waals surface area contributed by atoms with E-state index in [0.29, 0.717) is 0 Å². The molecule has 0 aliphatic carbocycles. The molecule has 0 saturated heterocycles. The van der Waals surface area contributed by atoms with Crippen molar-refractivity contribution in [3.63, 3.8) is 0 Å². The van der Waals surface area contributed by atoms with Crippen molar-refractivity contribution in [2.75, 3.05) is 6.79 Å². The lowest BCUT2D eigenvalue weighted by molar-refractivity contribution is -0.597. The van der Waals surface area contributed by atoms with Crippen molar-refractivity contribution in [1.29, 1.82) is 0 Å². The number of aliphatic hydroxyl groups is 1. The quantitative estimate of drug-likeness (QED) is 0.0916. The lowest BCUT2D eigenvalue weighted by atomic mass is 9.87. The van der Waals surface area contributed by atoms with Gasteiger partial charge in [0.2, 0.25) is 0 Å². The van der Waals surface area contributed by atoms with Gasteiger partial charge in [-0.1, -0.05) is 136 Å². The fraction of sp³-hybridized carbons (Fsp3) is 0.415. The molecule has 0 amide bonds. The molecule has 51 heavy (non-hydrogen) atoms. The van der Waals surface area contributed by atoms with Crippen molar-refractivity contribution in [3.8, 4) is 0 Å². The van der Waals surface area contributed by atoms with E-state index in [-0.39, 0.29) is 64.1 Å². The fourth-order valence-electron chi connectivity index (χ4n) is 4.38. The second-order valence-electron chi connectivity index (χ2n) is 16.0. The minimum absolute atomic E-state index is 0.0703. The van der Waals surface area contributed by atoms with E-state index in [4.69, 9.17) is 9.66 Å². The molecule has 6 nitrogen and oxygen atoms in total. The normalized spacial score (nSPS) is 13.3. The van der Waals surface area contributed by atoms with Crippen molar-refractivity contribution in [2.24, 2.45) is 0 Å². The molecule has 10 heteroatoms. The molecule has 0 radical (unpaired) electrons. The van der Waals surface area contributed by atoms with Gasteiger partial charge in [0.25, 0.3) is 9.05 Å². The minimum Gasteiger partial charge on any atom is -0.368 e. The summed E-state index contributed by atoms with van der Waals surface area (Å²) >= 11 is 3.63. The molecule has 2 N–H and O–H groups in total. The first kappa shape index (κ1) is 45.7. The van der Waals surface area contributed by atoms with Crippen LogP contribution < -0.4 is 42.4 Å². The highest BCUT2D eigenvalue weighted by Gasteiger charge is 2.22. The van der Waals surface area contributed by atoms with Gasteiger partial charge in [-0.05, 0) is 97.5 Å². The van der Waals surface area contributed by atoms with Gasteiger partial charge >= 0.3 is 42.4 Å². The summed E-state index contributed by atoms with van der Waals surface area (Å²) in [4.78, 5) is 3.64. The minimum atomic E-state index is -3.82. The van der Waals surface area contributed by atoms with E-state index in [2.05, 4.69) is 206 Å². The Labute approximate surface area is 333 Å². The van der Waals surface area contributed by atoms with Gasteiger partial charge in [-0.15, -0.1) is 0 Å². The summed E-state index contributed by atoms with van der Waals surface area (Å²) in [5.74, 6) is 0. The van der Waals surface area contributed by atoms with Crippen molar-refractivity contribution in [2.45, 2.75) is 105 Å². The molecule has 0 fully saturated rings. The number of rotatable bonds is 8. The van der Waals surface area contributed by atoms with Crippen LogP contribution >= 0.6 is 0 Å². The highest BCUT2D eigenvalue weighted by Crippen LogP contribution is 2.23. The third-order valence-corrected chi connectivity index (χ3v) is 13.3. The largest absolute Gasteiger partial charge is 0.368 e. The second-order valence-corrected chi connectivity index (χ2v) is 24.3. The van der Waals surface area contributed by atoms with E-state index in [1.807, 2.05) is 0 Å². The monoisotopic (exact) mass is 962 g/mol. The Morgan fingerprint density at radius 2 is 0.725 bits per heavy atom. The zero-order valence-electron chi connectivity index (χ0n) is 32.0. The summed E-state index contributed by atoms with van der Waals surface area (Å²) in [5.41, 5.74) is 6.63. The Bertz CT molecular complexity index is 1490. The van der Waals surface area contributed by atoms with Gasteiger partial charge in [0.05, 0.1) is 0 Å². The molecule has 4 aromatic rings. The van der Waals surface area contributed by atoms with E-state index in [9.17, 15) is 4.21 Å². The lowest BCUT2D eigenvalue weighted by Crippen LogP contribution is -3.61. The molecule has 0 bridgehead atoms. The molecular formula is C41H56I2O6S2+2. The van der Waals surface area contributed by atoms with E-state index >= 15 is 0 Å². The Morgan fingerprint density at radius 1 is 0.510 bits per heavy atom. The lowest BCUT2D eigenvalue weighted by Gasteiger charge is -2.18. The summed E-state index contributed by atoms with van der Waals surface area (Å²) in [6, 6.07) is 36.8. The van der Waals surface area contributed by atoms with Crippen molar-refractivity contribution in [1.82, 2.24) is 0 Å². The maximum atomic E-state index is 9.92. The molecule has 0 aliphatic heterocycles. The molecule has 0 saturated carbocycles. The van der Waals surface area contributed by atoms with Crippen molar-refractivity contribution in [3.05, 3.63) is 134 Å². The van der Waals surface area contributed by atoms with Crippen molar-refractivity contribution < 1.29 is 70.5 Å². The zero-order chi connectivity index (χ0) is 38.7. The first-order valence-corrected chi connectivity index (χ1v) is 23.3. The Morgan fingerprint density at radius 3 is 0.882 bits per heavy atom. The average Bonchev–Trinajstić information content (AvgIpc) is 3.01. The van der Waals surface area contributed by atoms with Crippen LogP contribution in [0.2, 0.25) is 0 Å². The summed E-state index contributed by atoms with van der Waals surface area (Å²) in [6.45, 7) is 26.4. The van der Waals surface area contributed by atoms with Crippen LogP contribution in [0, 0.1) is 14.3 Å². The highest BCUT2D eigenvalue weighted by molar-refractivity contribution is 8.26. The molecular weight excluding hydrogens is 906 g/mol. The van der Waals surface area contributed by atoms with Gasteiger partial charge < -0.3 is 5.11 Å². The number of benzene rings is 4. The van der Waals surface area contributed by atoms with Crippen LogP contribution in [0.1, 0.15) is 105 Å². The molecule has 0 heterocycles. The van der Waals surface area contributed by atoms with Crippen LogP contribution in [0.5, 0.6) is 0 Å². The molecule has 1 unspecified atom stereocenters. The number of halogens is 2. The van der Waals surface area contributed by atoms with E-state index in [0.717, 1.165) is 0 Å². The predicted molar refractivity (Wildman–Crippen MR) is 204 cm³/mol. The summed E-state index contributed by atoms with van der Waals surface area (Å²) in [6.07, 6.45) is 0. The molecule has 0 aliphatic rings. The number of hydrogen-bond acceptors (Lipinski definition) is 6. The van der Waals surface area contributed by atoms with E-state index < -0.39 is 15.8 Å². The third kappa shape index (κ3) is 17.9. The molecule has 4 aromatic carbocycles. The fourth-order valence-corrected chi connectivity index (χ4v) is 8.87. The van der Waals surface area contributed by atoms with Gasteiger partial charge in [-0.2, -0.15) is 9.10 Å². The maximum absolute atomic E-state index is 9.92. The molecule has 0 spiro atoms. The predicted octanol–water partition coefficient (Wildman–Crippen LogP) is 3.77. The van der Waals surface area contributed by atoms with Crippen LogP contribution in [-0.2, 0) is 56.2 Å². The first-order valence-electron chi connectivity index (χ1n) is 16.7. The smallest absolute Gasteiger partial charge is 0.357 e. The van der Waals surface area contributed by atoms with Gasteiger partial charge in [0.15, 0.2) is 21.1 Å². The highest BCUT2D eigenvalue weighted by atomic mass is 127. The Balaban J connectivity index is 0.000000287. The summed E-state index contributed by atoms with van der Waals surface area (Å²) in [5, 5.41) is 11.3. The Kier molecular flexibility index (Phi) is 17.7. The maximum Gasteiger partial charge on any atom is 0.357 e. The SMILES string of the molecule is CC(C)(C)c1ccc([I+]c2ccc(C(C)(C)C)cc2)cc1.CC(C)(C)c1ccc([I+]c2ccc(C(C)(C)C)cc2)cc1.O=S(O)(=S)OOOCO. The van der Waals surface area contributed by atoms with Gasteiger partial charge in [0.1, 0.15) is 0 Å². The molecule has 280 valence electrons. The molecule has 4 rings (SSSR count). The van der Waals surface area contributed by atoms with Gasteiger partial charge in [-0.3, -0.25) is 4.55 Å². The van der Waals surface area contributed by atoms with Gasteiger partial charge in [-0.25, -0.2) is 0 Å². The van der Waals surface area contributed by atoms with Crippen LogP contribution in [-0.4, -0.2) is 20.7 Å². The van der Waals surface area contributed by atoms with Crippen LogP contribution in [0.25, 0.3) is 0 Å². The zero-order valence-corrected chi connectivity index (χ0v) is 38.0. The van der Waals surface area contributed by atoms with E-state index in [1.54, 1.807) is 0 Å². The number of hydrogen-bond donors (Lipinski definition) is 2.